The van der Waals surface area contributed by atoms with E-state index in [0.717, 1.165) is 21.2 Å². The van der Waals surface area contributed by atoms with Crippen molar-refractivity contribution in [1.29, 1.82) is 0 Å². The van der Waals surface area contributed by atoms with Gasteiger partial charge in [-0.15, -0.1) is 0 Å². The Labute approximate surface area is 136 Å². The molecule has 0 bridgehead atoms. The van der Waals surface area contributed by atoms with Crippen LogP contribution < -0.4 is 5.32 Å². The first-order valence-corrected chi connectivity index (χ1v) is 7.52. The van der Waals surface area contributed by atoms with Gasteiger partial charge in [-0.1, -0.05) is 28.1 Å². The molecule has 110 valence electrons. The van der Waals surface area contributed by atoms with Crippen molar-refractivity contribution in [3.63, 3.8) is 0 Å². The number of halogens is 1. The number of para-hydroxylation sites is 2. The summed E-state index contributed by atoms with van der Waals surface area (Å²) >= 11 is 3.43. The van der Waals surface area contributed by atoms with Crippen LogP contribution in [0.4, 0.5) is 5.69 Å². The molecule has 0 fully saturated rings. The molecule has 22 heavy (non-hydrogen) atoms. The lowest BCUT2D eigenvalue weighted by Gasteiger charge is -2.04. The molecule has 0 aliphatic carbocycles. The number of aryl methyl sites for hydroxylation is 1. The Morgan fingerprint density at radius 1 is 1.27 bits per heavy atom. The van der Waals surface area contributed by atoms with E-state index in [9.17, 15) is 4.79 Å². The third kappa shape index (κ3) is 3.26. The van der Waals surface area contributed by atoms with Crippen LogP contribution >= 0.6 is 15.9 Å². The Kier molecular flexibility index (Phi) is 4.06. The van der Waals surface area contributed by atoms with E-state index in [2.05, 4.69) is 26.2 Å². The molecule has 1 aromatic heterocycles. The number of nitrogens with zero attached hydrogens (tertiary/aromatic N) is 1. The Morgan fingerprint density at radius 2 is 2.09 bits per heavy atom. The van der Waals surface area contributed by atoms with E-state index in [-0.39, 0.29) is 5.91 Å². The Hall–Kier alpha value is -2.40. The summed E-state index contributed by atoms with van der Waals surface area (Å²) in [5.74, 6) is 0.173. The molecule has 1 N–H and O–H groups in total. The summed E-state index contributed by atoms with van der Waals surface area (Å²) in [7, 11) is 0. The Morgan fingerprint density at radius 3 is 2.86 bits per heavy atom. The number of aromatic nitrogens is 1. The second kappa shape index (κ2) is 6.15. The fourth-order valence-electron chi connectivity index (χ4n) is 2.01. The maximum Gasteiger partial charge on any atom is 0.248 e. The molecular formula is C17H13BrN2O2. The highest BCUT2D eigenvalue weighted by Gasteiger charge is 2.03. The average molecular weight is 357 g/mol. The van der Waals surface area contributed by atoms with Crippen molar-refractivity contribution in [3.05, 3.63) is 64.5 Å². The van der Waals surface area contributed by atoms with Gasteiger partial charge < -0.3 is 9.73 Å². The highest BCUT2D eigenvalue weighted by Crippen LogP contribution is 2.20. The first-order chi connectivity index (χ1) is 10.6. The van der Waals surface area contributed by atoms with Gasteiger partial charge in [0.05, 0.1) is 0 Å². The summed E-state index contributed by atoms with van der Waals surface area (Å²) in [4.78, 5) is 16.2. The van der Waals surface area contributed by atoms with Crippen LogP contribution in [0.2, 0.25) is 0 Å². The predicted molar refractivity (Wildman–Crippen MR) is 90.6 cm³/mol. The molecule has 0 atom stereocenters. The number of carbonyl (C=O) groups excluding carboxylic acids is 1. The van der Waals surface area contributed by atoms with E-state index in [0.29, 0.717) is 11.5 Å². The summed E-state index contributed by atoms with van der Waals surface area (Å²) in [6, 6.07) is 13.1. The van der Waals surface area contributed by atoms with Gasteiger partial charge in [0.1, 0.15) is 5.52 Å². The molecule has 3 rings (SSSR count). The maximum atomic E-state index is 11.9. The fraction of sp³-hybridized carbons (Fsp3) is 0.0588. The second-order valence-electron chi connectivity index (χ2n) is 4.81. The van der Waals surface area contributed by atoms with Gasteiger partial charge in [0.25, 0.3) is 0 Å². The average Bonchev–Trinajstić information content (AvgIpc) is 2.92. The number of rotatable bonds is 3. The van der Waals surface area contributed by atoms with Crippen molar-refractivity contribution in [2.24, 2.45) is 0 Å². The molecule has 0 aliphatic heterocycles. The smallest absolute Gasteiger partial charge is 0.248 e. The quantitative estimate of drug-likeness (QED) is 0.700. The largest absolute Gasteiger partial charge is 0.437 e. The molecule has 1 heterocycles. The van der Waals surface area contributed by atoms with Gasteiger partial charge in [-0.25, -0.2) is 4.98 Å². The van der Waals surface area contributed by atoms with Gasteiger partial charge in [-0.2, -0.15) is 0 Å². The maximum absolute atomic E-state index is 11.9. The number of nitrogens with one attached hydrogen (secondary N) is 1. The molecule has 0 radical (unpaired) electrons. The van der Waals surface area contributed by atoms with Crippen LogP contribution in [-0.4, -0.2) is 10.9 Å². The lowest BCUT2D eigenvalue weighted by Crippen LogP contribution is -2.07. The van der Waals surface area contributed by atoms with Crippen molar-refractivity contribution in [1.82, 2.24) is 4.98 Å². The van der Waals surface area contributed by atoms with E-state index in [1.165, 1.54) is 6.08 Å². The Balaban J connectivity index is 1.71. The zero-order valence-electron chi connectivity index (χ0n) is 11.8. The van der Waals surface area contributed by atoms with Gasteiger partial charge in [0.2, 0.25) is 11.8 Å². The highest BCUT2D eigenvalue weighted by molar-refractivity contribution is 9.10. The van der Waals surface area contributed by atoms with Crippen LogP contribution in [0.1, 0.15) is 11.5 Å². The molecule has 0 spiro atoms. The van der Waals surface area contributed by atoms with E-state index >= 15 is 0 Å². The first-order valence-electron chi connectivity index (χ1n) is 6.72. The van der Waals surface area contributed by atoms with Gasteiger partial charge >= 0.3 is 0 Å². The van der Waals surface area contributed by atoms with Crippen molar-refractivity contribution in [2.75, 3.05) is 5.32 Å². The molecule has 0 aliphatic rings. The minimum Gasteiger partial charge on any atom is -0.437 e. The van der Waals surface area contributed by atoms with Crippen LogP contribution in [-0.2, 0) is 4.79 Å². The molecule has 4 nitrogen and oxygen atoms in total. The van der Waals surface area contributed by atoms with Crippen molar-refractivity contribution in [3.8, 4) is 0 Å². The molecular weight excluding hydrogens is 344 g/mol. The zero-order chi connectivity index (χ0) is 15.5. The van der Waals surface area contributed by atoms with Gasteiger partial charge in [-0.3, -0.25) is 4.79 Å². The van der Waals surface area contributed by atoms with Crippen LogP contribution in [0.15, 0.2) is 57.4 Å². The van der Waals surface area contributed by atoms with E-state index in [1.54, 1.807) is 6.08 Å². The topological polar surface area (TPSA) is 55.1 Å². The lowest BCUT2D eigenvalue weighted by atomic mass is 10.2. The number of amides is 1. The molecule has 1 amide bonds. The van der Waals surface area contributed by atoms with Crippen LogP contribution in [0.5, 0.6) is 0 Å². The second-order valence-corrected chi connectivity index (χ2v) is 5.66. The zero-order valence-corrected chi connectivity index (χ0v) is 13.4. The predicted octanol–water partition coefficient (Wildman–Crippen LogP) is 4.55. The number of hydrogen-bond acceptors (Lipinski definition) is 3. The third-order valence-corrected chi connectivity index (χ3v) is 4.00. The third-order valence-electron chi connectivity index (χ3n) is 3.11. The van der Waals surface area contributed by atoms with E-state index < -0.39 is 0 Å². The van der Waals surface area contributed by atoms with Crippen molar-refractivity contribution in [2.45, 2.75) is 6.92 Å². The highest BCUT2D eigenvalue weighted by atomic mass is 79.9. The van der Waals surface area contributed by atoms with Crippen LogP contribution in [0.3, 0.4) is 0 Å². The monoisotopic (exact) mass is 356 g/mol. The number of anilines is 1. The minimum atomic E-state index is -0.232. The SMILES string of the molecule is Cc1cc(NC(=O)/C=C/c2nc3ccccc3o2)ccc1Br. The Bertz CT molecular complexity index is 835. The number of fused-ring (bicyclic) bond motifs is 1. The first kappa shape index (κ1) is 14.5. The molecule has 0 unspecified atom stereocenters. The van der Waals surface area contributed by atoms with Gasteiger partial charge in [-0.05, 0) is 42.8 Å². The number of hydrogen-bond donors (Lipinski definition) is 1. The lowest BCUT2D eigenvalue weighted by molar-refractivity contribution is -0.111. The van der Waals surface area contributed by atoms with Crippen LogP contribution in [0, 0.1) is 6.92 Å². The molecule has 0 saturated carbocycles. The van der Waals surface area contributed by atoms with Gasteiger partial charge in [0, 0.05) is 22.3 Å². The summed E-state index contributed by atoms with van der Waals surface area (Å²) in [5.41, 5.74) is 3.27. The number of oxazole rings is 1. The molecule has 2 aromatic carbocycles. The van der Waals surface area contributed by atoms with E-state index in [4.69, 9.17) is 4.42 Å². The summed E-state index contributed by atoms with van der Waals surface area (Å²) in [6.07, 6.45) is 2.96. The normalized spacial score (nSPS) is 11.2. The van der Waals surface area contributed by atoms with Crippen LogP contribution in [0.25, 0.3) is 17.2 Å². The summed E-state index contributed by atoms with van der Waals surface area (Å²) < 4.78 is 6.53. The standard InChI is InChI=1S/C17H13BrN2O2/c1-11-10-12(6-7-13(11)18)19-16(21)8-9-17-20-14-4-2-3-5-15(14)22-17/h2-10H,1H3,(H,19,21)/b9-8+. The van der Waals surface area contributed by atoms with Crippen molar-refractivity contribution < 1.29 is 9.21 Å². The molecule has 0 saturated heterocycles. The van der Waals surface area contributed by atoms with E-state index in [1.807, 2.05) is 49.4 Å². The number of carbonyl (C=O) groups is 1. The molecule has 5 heteroatoms. The summed E-state index contributed by atoms with van der Waals surface area (Å²) in [6.45, 7) is 1.97. The van der Waals surface area contributed by atoms with Crippen molar-refractivity contribution >= 4 is 44.7 Å². The fourth-order valence-corrected chi connectivity index (χ4v) is 2.26. The number of benzene rings is 2. The summed E-state index contributed by atoms with van der Waals surface area (Å²) in [5, 5.41) is 2.80. The molecule has 3 aromatic rings. The van der Waals surface area contributed by atoms with Gasteiger partial charge in [0.15, 0.2) is 5.58 Å². The minimum absolute atomic E-state index is 0.232.